The topological polar surface area (TPSA) is 58.4 Å². The van der Waals surface area contributed by atoms with Crippen LogP contribution in [0.3, 0.4) is 0 Å². The van der Waals surface area contributed by atoms with Gasteiger partial charge >= 0.3 is 0 Å². The maximum absolute atomic E-state index is 12.2. The Kier molecular flexibility index (Phi) is 4.76. The van der Waals surface area contributed by atoms with Gasteiger partial charge in [-0.1, -0.05) is 18.2 Å². The molecule has 0 aliphatic rings. The van der Waals surface area contributed by atoms with Crippen molar-refractivity contribution in [2.75, 3.05) is 26.4 Å². The molecule has 4 nitrogen and oxygen atoms in total. The number of anilines is 1. The molecule has 1 amide bonds. The number of carbonyl (C=O) groups excluding carboxylic acids is 1. The standard InChI is InChI=1S/C15H19N3OS/c1-18(2)13(14-8-5-9-20-14)10-17-15(19)11-6-3-4-7-12(11)16/h3-9,13H,10,16H2,1-2H3,(H,17,19)/t13-/m1/s1. The molecule has 0 radical (unpaired) electrons. The van der Waals surface area contributed by atoms with Crippen LogP contribution in [0.15, 0.2) is 41.8 Å². The number of nitrogens with zero attached hydrogens (tertiary/aromatic N) is 1. The molecule has 1 aromatic heterocycles. The van der Waals surface area contributed by atoms with E-state index in [0.717, 1.165) is 0 Å². The molecule has 0 spiro atoms. The number of para-hydroxylation sites is 1. The van der Waals surface area contributed by atoms with Gasteiger partial charge in [0.15, 0.2) is 0 Å². The maximum Gasteiger partial charge on any atom is 0.253 e. The molecule has 0 unspecified atom stereocenters. The van der Waals surface area contributed by atoms with Crippen molar-refractivity contribution in [2.24, 2.45) is 0 Å². The quantitative estimate of drug-likeness (QED) is 0.831. The lowest BCUT2D eigenvalue weighted by atomic mass is 10.1. The molecule has 0 saturated carbocycles. The van der Waals surface area contributed by atoms with Crippen LogP contribution in [0, 0.1) is 0 Å². The van der Waals surface area contributed by atoms with Gasteiger partial charge in [0.2, 0.25) is 0 Å². The average molecular weight is 289 g/mol. The van der Waals surface area contributed by atoms with Crippen LogP contribution in [0.4, 0.5) is 5.69 Å². The molecule has 0 aliphatic heterocycles. The highest BCUT2D eigenvalue weighted by Crippen LogP contribution is 2.22. The maximum atomic E-state index is 12.2. The zero-order valence-electron chi connectivity index (χ0n) is 11.7. The number of nitrogen functional groups attached to an aromatic ring is 1. The van der Waals surface area contributed by atoms with E-state index >= 15 is 0 Å². The first-order valence-electron chi connectivity index (χ1n) is 6.42. The van der Waals surface area contributed by atoms with Gasteiger partial charge in [0.05, 0.1) is 11.6 Å². The number of hydrogen-bond donors (Lipinski definition) is 2. The molecule has 2 aromatic rings. The molecular weight excluding hydrogens is 270 g/mol. The summed E-state index contributed by atoms with van der Waals surface area (Å²) in [4.78, 5) is 15.5. The van der Waals surface area contributed by atoms with Crippen LogP contribution >= 0.6 is 11.3 Å². The molecule has 1 atom stereocenters. The molecule has 0 saturated heterocycles. The van der Waals surface area contributed by atoms with E-state index in [-0.39, 0.29) is 11.9 Å². The molecule has 20 heavy (non-hydrogen) atoms. The van der Waals surface area contributed by atoms with Gasteiger partial charge in [0.25, 0.3) is 5.91 Å². The minimum absolute atomic E-state index is 0.133. The third-order valence-electron chi connectivity index (χ3n) is 3.16. The summed E-state index contributed by atoms with van der Waals surface area (Å²) in [5.74, 6) is -0.133. The Morgan fingerprint density at radius 1 is 1.30 bits per heavy atom. The van der Waals surface area contributed by atoms with Crippen molar-refractivity contribution in [3.63, 3.8) is 0 Å². The summed E-state index contributed by atoms with van der Waals surface area (Å²) in [6.45, 7) is 0.556. The Balaban J connectivity index is 2.03. The largest absolute Gasteiger partial charge is 0.398 e. The number of carbonyl (C=O) groups is 1. The van der Waals surface area contributed by atoms with Crippen molar-refractivity contribution in [3.8, 4) is 0 Å². The van der Waals surface area contributed by atoms with Crippen molar-refractivity contribution in [1.82, 2.24) is 10.2 Å². The number of rotatable bonds is 5. The predicted molar refractivity (Wildman–Crippen MR) is 83.9 cm³/mol. The second-order valence-electron chi connectivity index (χ2n) is 4.79. The van der Waals surface area contributed by atoms with Crippen LogP contribution < -0.4 is 11.1 Å². The molecule has 0 bridgehead atoms. The number of hydrogen-bond acceptors (Lipinski definition) is 4. The van der Waals surface area contributed by atoms with E-state index in [2.05, 4.69) is 16.3 Å². The molecule has 3 N–H and O–H groups in total. The van der Waals surface area contributed by atoms with Crippen molar-refractivity contribution >= 4 is 22.9 Å². The van der Waals surface area contributed by atoms with Crippen LogP contribution in [0.2, 0.25) is 0 Å². The Hall–Kier alpha value is -1.85. The van der Waals surface area contributed by atoms with Crippen LogP contribution in [0.5, 0.6) is 0 Å². The van der Waals surface area contributed by atoms with Crippen LogP contribution in [-0.2, 0) is 0 Å². The van der Waals surface area contributed by atoms with E-state index in [4.69, 9.17) is 5.73 Å². The number of benzene rings is 1. The predicted octanol–water partition coefficient (Wildman–Crippen LogP) is 2.36. The minimum Gasteiger partial charge on any atom is -0.398 e. The molecule has 1 heterocycles. The van der Waals surface area contributed by atoms with Gasteiger partial charge in [-0.15, -0.1) is 11.3 Å². The number of nitrogens with one attached hydrogen (secondary N) is 1. The molecule has 0 fully saturated rings. The Bertz CT molecular complexity index is 566. The van der Waals surface area contributed by atoms with Gasteiger partial charge in [-0.05, 0) is 37.7 Å². The highest BCUT2D eigenvalue weighted by molar-refractivity contribution is 7.10. The lowest BCUT2D eigenvalue weighted by molar-refractivity contribution is 0.0943. The highest BCUT2D eigenvalue weighted by atomic mass is 32.1. The Labute approximate surface area is 123 Å². The van der Waals surface area contributed by atoms with Gasteiger partial charge in [-0.2, -0.15) is 0 Å². The summed E-state index contributed by atoms with van der Waals surface area (Å²) in [5, 5.41) is 5.00. The SMILES string of the molecule is CN(C)[C@H](CNC(=O)c1ccccc1N)c1cccs1. The smallest absolute Gasteiger partial charge is 0.253 e. The first-order valence-corrected chi connectivity index (χ1v) is 7.30. The molecule has 106 valence electrons. The van der Waals surface area contributed by atoms with Gasteiger partial charge in [0.1, 0.15) is 0 Å². The Morgan fingerprint density at radius 3 is 2.65 bits per heavy atom. The average Bonchev–Trinajstić information content (AvgIpc) is 2.92. The van der Waals surface area contributed by atoms with E-state index in [1.165, 1.54) is 4.88 Å². The summed E-state index contributed by atoms with van der Waals surface area (Å²) >= 11 is 1.69. The summed E-state index contributed by atoms with van der Waals surface area (Å²) in [7, 11) is 4.01. The first kappa shape index (κ1) is 14.6. The van der Waals surface area contributed by atoms with Crippen molar-refractivity contribution in [3.05, 3.63) is 52.2 Å². The van der Waals surface area contributed by atoms with E-state index in [1.54, 1.807) is 23.5 Å². The second-order valence-corrected chi connectivity index (χ2v) is 5.77. The van der Waals surface area contributed by atoms with Crippen LogP contribution in [0.25, 0.3) is 0 Å². The van der Waals surface area contributed by atoms with Gasteiger partial charge in [-0.25, -0.2) is 0 Å². The van der Waals surface area contributed by atoms with Crippen LogP contribution in [-0.4, -0.2) is 31.4 Å². The number of likely N-dealkylation sites (N-methyl/N-ethyl adjacent to an activating group) is 1. The third kappa shape index (κ3) is 3.37. The summed E-state index contributed by atoms with van der Waals surface area (Å²) in [6, 6.07) is 11.4. The zero-order valence-corrected chi connectivity index (χ0v) is 12.5. The molecular formula is C15H19N3OS. The van der Waals surface area contributed by atoms with E-state index < -0.39 is 0 Å². The van der Waals surface area contributed by atoms with Gasteiger partial charge < -0.3 is 16.0 Å². The molecule has 5 heteroatoms. The summed E-state index contributed by atoms with van der Waals surface area (Å²) in [6.07, 6.45) is 0. The fraction of sp³-hybridized carbons (Fsp3) is 0.267. The summed E-state index contributed by atoms with van der Waals surface area (Å²) in [5.41, 5.74) is 6.84. The van der Waals surface area contributed by atoms with Gasteiger partial charge in [-0.3, -0.25) is 4.79 Å². The van der Waals surface area contributed by atoms with Crippen molar-refractivity contribution in [1.29, 1.82) is 0 Å². The van der Waals surface area contributed by atoms with Gasteiger partial charge in [0, 0.05) is 17.1 Å². The highest BCUT2D eigenvalue weighted by Gasteiger charge is 2.17. The van der Waals surface area contributed by atoms with E-state index in [1.807, 2.05) is 37.7 Å². The lowest BCUT2D eigenvalue weighted by Crippen LogP contribution is -2.34. The Morgan fingerprint density at radius 2 is 2.05 bits per heavy atom. The monoisotopic (exact) mass is 289 g/mol. The van der Waals surface area contributed by atoms with Crippen molar-refractivity contribution in [2.45, 2.75) is 6.04 Å². The lowest BCUT2D eigenvalue weighted by Gasteiger charge is -2.23. The zero-order chi connectivity index (χ0) is 14.5. The number of amides is 1. The number of nitrogens with two attached hydrogens (primary N) is 1. The molecule has 0 aliphatic carbocycles. The van der Waals surface area contributed by atoms with Crippen molar-refractivity contribution < 1.29 is 4.79 Å². The van der Waals surface area contributed by atoms with Crippen LogP contribution in [0.1, 0.15) is 21.3 Å². The first-order chi connectivity index (χ1) is 9.59. The fourth-order valence-electron chi connectivity index (χ4n) is 2.01. The van der Waals surface area contributed by atoms with E-state index in [9.17, 15) is 4.79 Å². The summed E-state index contributed by atoms with van der Waals surface area (Å²) < 4.78 is 0. The normalized spacial score (nSPS) is 12.3. The number of thiophene rings is 1. The third-order valence-corrected chi connectivity index (χ3v) is 4.13. The molecule has 2 rings (SSSR count). The molecule has 1 aromatic carbocycles. The van der Waals surface area contributed by atoms with E-state index in [0.29, 0.717) is 17.8 Å². The fourth-order valence-corrected chi connectivity index (χ4v) is 2.93. The minimum atomic E-state index is -0.133. The second kappa shape index (κ2) is 6.54.